The minimum absolute atomic E-state index is 0.0731. The van der Waals surface area contributed by atoms with E-state index in [4.69, 9.17) is 5.73 Å². The number of aromatic nitrogens is 1. The number of amides is 1. The lowest BCUT2D eigenvalue weighted by Crippen LogP contribution is -2.35. The second kappa shape index (κ2) is 9.43. The Bertz CT molecular complexity index is 597. The Morgan fingerprint density at radius 3 is 2.74 bits per heavy atom. The van der Waals surface area contributed by atoms with Crippen molar-refractivity contribution in [3.8, 4) is 0 Å². The molecule has 0 aliphatic carbocycles. The van der Waals surface area contributed by atoms with Gasteiger partial charge in [-0.25, -0.2) is 4.98 Å². The molecule has 3 N–H and O–H groups in total. The Morgan fingerprint density at radius 1 is 1.26 bits per heavy atom. The van der Waals surface area contributed by atoms with E-state index >= 15 is 0 Å². The summed E-state index contributed by atoms with van der Waals surface area (Å²) in [6.07, 6.45) is 4.68. The smallest absolute Gasteiger partial charge is 0.270 e. The summed E-state index contributed by atoms with van der Waals surface area (Å²) in [6.45, 7) is 2.70. The molecular weight excluding hydrogens is 306 g/mol. The normalized spacial score (nSPS) is 12.1. The van der Waals surface area contributed by atoms with Crippen LogP contribution in [0.2, 0.25) is 0 Å². The van der Waals surface area contributed by atoms with Crippen LogP contribution in [0, 0.1) is 0 Å². The monoisotopic (exact) mass is 331 g/mol. The van der Waals surface area contributed by atoms with Gasteiger partial charge in [0.1, 0.15) is 5.69 Å². The topological polar surface area (TPSA) is 68.0 Å². The fourth-order valence-corrected chi connectivity index (χ4v) is 3.33. The first-order valence-corrected chi connectivity index (χ1v) is 9.10. The van der Waals surface area contributed by atoms with Gasteiger partial charge in [0.05, 0.1) is 5.01 Å². The van der Waals surface area contributed by atoms with E-state index in [1.807, 2.05) is 11.4 Å². The zero-order chi connectivity index (χ0) is 16.5. The molecule has 0 aliphatic rings. The van der Waals surface area contributed by atoms with E-state index in [9.17, 15) is 4.79 Å². The van der Waals surface area contributed by atoms with E-state index < -0.39 is 0 Å². The third-order valence-electron chi connectivity index (χ3n) is 3.74. The molecule has 5 heteroatoms. The van der Waals surface area contributed by atoms with Crippen LogP contribution >= 0.6 is 11.3 Å². The molecule has 0 radical (unpaired) electrons. The predicted molar refractivity (Wildman–Crippen MR) is 95.8 cm³/mol. The summed E-state index contributed by atoms with van der Waals surface area (Å²) in [4.78, 5) is 16.7. The molecule has 0 fully saturated rings. The molecule has 1 aromatic carbocycles. The third kappa shape index (κ3) is 5.77. The molecule has 0 saturated carbocycles. The molecule has 0 spiro atoms. The first-order valence-electron chi connectivity index (χ1n) is 8.22. The highest BCUT2D eigenvalue weighted by Gasteiger charge is 2.15. The number of hydrogen-bond acceptors (Lipinski definition) is 4. The Hall–Kier alpha value is -1.72. The quantitative estimate of drug-likeness (QED) is 0.741. The van der Waals surface area contributed by atoms with E-state index in [1.165, 1.54) is 16.9 Å². The second-order valence-corrected chi connectivity index (χ2v) is 6.59. The van der Waals surface area contributed by atoms with Crippen molar-refractivity contribution in [1.82, 2.24) is 10.3 Å². The van der Waals surface area contributed by atoms with E-state index in [1.54, 1.807) is 0 Å². The number of benzene rings is 1. The first-order chi connectivity index (χ1) is 11.2. The average Bonchev–Trinajstić information content (AvgIpc) is 3.03. The molecule has 0 aliphatic heterocycles. The Balaban J connectivity index is 1.90. The molecule has 1 unspecified atom stereocenters. The summed E-state index contributed by atoms with van der Waals surface area (Å²) >= 11 is 1.50. The van der Waals surface area contributed by atoms with Gasteiger partial charge in [-0.1, -0.05) is 43.7 Å². The molecule has 1 heterocycles. The Morgan fingerprint density at radius 2 is 2.04 bits per heavy atom. The zero-order valence-electron chi connectivity index (χ0n) is 13.6. The maximum atomic E-state index is 12.4. The number of carbonyl (C=O) groups is 1. The number of nitrogens with one attached hydrogen (secondary N) is 1. The van der Waals surface area contributed by atoms with Gasteiger partial charge in [-0.2, -0.15) is 0 Å². The maximum absolute atomic E-state index is 12.4. The Kier molecular flexibility index (Phi) is 7.23. The molecule has 2 rings (SSSR count). The van der Waals surface area contributed by atoms with Gasteiger partial charge in [0.15, 0.2) is 0 Å². The molecule has 4 nitrogen and oxygen atoms in total. The summed E-state index contributed by atoms with van der Waals surface area (Å²) in [5.41, 5.74) is 7.35. The molecule has 1 atom stereocenters. The fourth-order valence-electron chi connectivity index (χ4n) is 2.54. The van der Waals surface area contributed by atoms with Gasteiger partial charge in [-0.05, 0) is 31.4 Å². The molecule has 124 valence electrons. The van der Waals surface area contributed by atoms with Crippen molar-refractivity contribution in [3.63, 3.8) is 0 Å². The number of nitrogens with zero attached hydrogens (tertiary/aromatic N) is 1. The van der Waals surface area contributed by atoms with Crippen LogP contribution in [0.25, 0.3) is 0 Å². The number of carbonyl (C=O) groups excluding carboxylic acids is 1. The number of thiazole rings is 1. The van der Waals surface area contributed by atoms with Crippen molar-refractivity contribution in [2.45, 2.75) is 45.1 Å². The summed E-state index contributed by atoms with van der Waals surface area (Å²) in [5, 5.41) is 5.88. The van der Waals surface area contributed by atoms with E-state index in [0.717, 1.165) is 37.1 Å². The summed E-state index contributed by atoms with van der Waals surface area (Å²) in [5.74, 6) is -0.0731. The summed E-state index contributed by atoms with van der Waals surface area (Å²) in [7, 11) is 0. The molecule has 23 heavy (non-hydrogen) atoms. The van der Waals surface area contributed by atoms with Crippen LogP contribution in [-0.4, -0.2) is 23.5 Å². The Labute approximate surface area is 142 Å². The largest absolute Gasteiger partial charge is 0.348 e. The minimum atomic E-state index is -0.0731. The van der Waals surface area contributed by atoms with Gasteiger partial charge < -0.3 is 11.1 Å². The molecule has 0 saturated heterocycles. The molecular formula is C18H25N3OS. The van der Waals surface area contributed by atoms with Crippen molar-refractivity contribution < 1.29 is 4.79 Å². The number of rotatable bonds is 9. The van der Waals surface area contributed by atoms with Crippen molar-refractivity contribution in [3.05, 3.63) is 52.0 Å². The average molecular weight is 331 g/mol. The van der Waals surface area contributed by atoms with Crippen molar-refractivity contribution in [1.29, 1.82) is 0 Å². The lowest BCUT2D eigenvalue weighted by molar-refractivity contribution is 0.0928. The van der Waals surface area contributed by atoms with Crippen LogP contribution in [-0.2, 0) is 12.8 Å². The number of hydrogen-bond donors (Lipinski definition) is 2. The van der Waals surface area contributed by atoms with Gasteiger partial charge in [0.25, 0.3) is 5.91 Å². The number of nitrogens with two attached hydrogens (primary N) is 1. The van der Waals surface area contributed by atoms with Gasteiger partial charge in [-0.3, -0.25) is 4.79 Å². The number of aryl methyl sites for hydroxylation is 1. The lowest BCUT2D eigenvalue weighted by Gasteiger charge is -2.17. The maximum Gasteiger partial charge on any atom is 0.270 e. The first kappa shape index (κ1) is 17.6. The highest BCUT2D eigenvalue weighted by Crippen LogP contribution is 2.13. The SMILES string of the molecule is CCCC(CCc1ccccc1)NC(=O)c1csc(CCN)n1. The lowest BCUT2D eigenvalue weighted by atomic mass is 10.0. The van der Waals surface area contributed by atoms with Gasteiger partial charge in [-0.15, -0.1) is 11.3 Å². The van der Waals surface area contributed by atoms with E-state index in [-0.39, 0.29) is 11.9 Å². The molecule has 1 amide bonds. The van der Waals surface area contributed by atoms with Crippen LogP contribution in [0.4, 0.5) is 0 Å². The highest BCUT2D eigenvalue weighted by atomic mass is 32.1. The predicted octanol–water partition coefficient (Wildman–Crippen LogP) is 3.18. The van der Waals surface area contributed by atoms with Crippen LogP contribution in [0.15, 0.2) is 35.7 Å². The van der Waals surface area contributed by atoms with Crippen LogP contribution in [0.3, 0.4) is 0 Å². The van der Waals surface area contributed by atoms with E-state index in [2.05, 4.69) is 41.5 Å². The van der Waals surface area contributed by atoms with Crippen LogP contribution in [0.5, 0.6) is 0 Å². The molecule has 0 bridgehead atoms. The summed E-state index contributed by atoms with van der Waals surface area (Å²) in [6, 6.07) is 10.6. The fraction of sp³-hybridized carbons (Fsp3) is 0.444. The highest BCUT2D eigenvalue weighted by molar-refractivity contribution is 7.09. The van der Waals surface area contributed by atoms with Crippen molar-refractivity contribution >= 4 is 17.2 Å². The van der Waals surface area contributed by atoms with E-state index in [0.29, 0.717) is 12.2 Å². The molecule has 1 aromatic heterocycles. The second-order valence-electron chi connectivity index (χ2n) is 5.65. The minimum Gasteiger partial charge on any atom is -0.348 e. The van der Waals surface area contributed by atoms with Crippen molar-refractivity contribution in [2.75, 3.05) is 6.54 Å². The van der Waals surface area contributed by atoms with Gasteiger partial charge in [0.2, 0.25) is 0 Å². The molecule has 2 aromatic rings. The van der Waals surface area contributed by atoms with Crippen molar-refractivity contribution in [2.24, 2.45) is 5.73 Å². The van der Waals surface area contributed by atoms with Crippen LogP contribution in [0.1, 0.15) is 47.2 Å². The zero-order valence-corrected chi connectivity index (χ0v) is 14.4. The van der Waals surface area contributed by atoms with Gasteiger partial charge in [0, 0.05) is 17.8 Å². The van der Waals surface area contributed by atoms with Crippen LogP contribution < -0.4 is 11.1 Å². The standard InChI is InChI=1S/C18H25N3OS/c1-2-6-15(10-9-14-7-4-3-5-8-14)20-18(22)16-13-23-17(21-16)11-12-19/h3-5,7-8,13,15H,2,6,9-12,19H2,1H3,(H,20,22). The van der Waals surface area contributed by atoms with Gasteiger partial charge >= 0.3 is 0 Å². The summed E-state index contributed by atoms with van der Waals surface area (Å²) < 4.78 is 0. The third-order valence-corrected chi connectivity index (χ3v) is 4.65.